The van der Waals surface area contributed by atoms with Crippen LogP contribution in [0.2, 0.25) is 0 Å². The van der Waals surface area contributed by atoms with E-state index in [0.717, 1.165) is 31.4 Å². The second-order valence-corrected chi connectivity index (χ2v) is 5.88. The van der Waals surface area contributed by atoms with Gasteiger partial charge >= 0.3 is 0 Å². The molecule has 0 amide bonds. The summed E-state index contributed by atoms with van der Waals surface area (Å²) in [5, 5.41) is 3.41. The maximum atomic E-state index is 12.7. The van der Waals surface area contributed by atoms with Gasteiger partial charge in [-0.2, -0.15) is 0 Å². The lowest BCUT2D eigenvalue weighted by Gasteiger charge is -2.33. The lowest BCUT2D eigenvalue weighted by Crippen LogP contribution is -2.52. The topological polar surface area (TPSA) is 29.1 Å². The SMILES string of the molecule is CC1(C(=O)c2ccc3c(c2)CCC3)CCCCN1. The van der Waals surface area contributed by atoms with Crippen LogP contribution in [0.15, 0.2) is 18.2 Å². The Morgan fingerprint density at radius 2 is 2.00 bits per heavy atom. The average Bonchev–Trinajstić information content (AvgIpc) is 2.86. The largest absolute Gasteiger partial charge is 0.305 e. The monoisotopic (exact) mass is 243 g/mol. The summed E-state index contributed by atoms with van der Waals surface area (Å²) >= 11 is 0. The number of rotatable bonds is 2. The molecule has 1 unspecified atom stereocenters. The maximum Gasteiger partial charge on any atom is 0.182 e. The van der Waals surface area contributed by atoms with Gasteiger partial charge in [-0.15, -0.1) is 0 Å². The number of hydrogen-bond donors (Lipinski definition) is 1. The molecule has 3 rings (SSSR count). The van der Waals surface area contributed by atoms with Gasteiger partial charge in [-0.3, -0.25) is 4.79 Å². The van der Waals surface area contributed by atoms with Gasteiger partial charge in [0.05, 0.1) is 5.54 Å². The van der Waals surface area contributed by atoms with Crippen LogP contribution in [0.25, 0.3) is 0 Å². The normalized spacial score (nSPS) is 26.9. The summed E-state index contributed by atoms with van der Waals surface area (Å²) in [6.07, 6.45) is 6.86. The van der Waals surface area contributed by atoms with Crippen LogP contribution < -0.4 is 5.32 Å². The van der Waals surface area contributed by atoms with Crippen molar-refractivity contribution in [2.24, 2.45) is 0 Å². The molecule has 1 heterocycles. The Kier molecular flexibility index (Phi) is 2.98. The molecule has 2 heteroatoms. The molecule has 96 valence electrons. The van der Waals surface area contributed by atoms with Crippen LogP contribution in [-0.4, -0.2) is 17.9 Å². The fraction of sp³-hybridized carbons (Fsp3) is 0.562. The molecule has 1 N–H and O–H groups in total. The summed E-state index contributed by atoms with van der Waals surface area (Å²) in [7, 11) is 0. The van der Waals surface area contributed by atoms with Crippen LogP contribution in [-0.2, 0) is 12.8 Å². The first-order valence-corrected chi connectivity index (χ1v) is 7.11. The zero-order valence-corrected chi connectivity index (χ0v) is 11.1. The minimum Gasteiger partial charge on any atom is -0.305 e. The van der Waals surface area contributed by atoms with E-state index in [2.05, 4.69) is 24.4 Å². The number of benzene rings is 1. The van der Waals surface area contributed by atoms with Gasteiger partial charge in [0.25, 0.3) is 0 Å². The minimum atomic E-state index is -0.342. The molecule has 0 bridgehead atoms. The number of aryl methyl sites for hydroxylation is 2. The first-order valence-electron chi connectivity index (χ1n) is 7.11. The maximum absolute atomic E-state index is 12.7. The van der Waals surface area contributed by atoms with Crippen molar-refractivity contribution >= 4 is 5.78 Å². The second kappa shape index (κ2) is 4.51. The molecule has 18 heavy (non-hydrogen) atoms. The van der Waals surface area contributed by atoms with Crippen molar-refractivity contribution in [1.82, 2.24) is 5.32 Å². The molecule has 1 fully saturated rings. The molecule has 0 radical (unpaired) electrons. The standard InChI is InChI=1S/C16H21NO/c1-16(9-2-3-10-17-16)15(18)14-8-7-12-5-4-6-13(12)11-14/h7-8,11,17H,2-6,9-10H2,1H3. The highest BCUT2D eigenvalue weighted by Crippen LogP contribution is 2.27. The molecule has 1 aliphatic carbocycles. The Bertz CT molecular complexity index is 472. The average molecular weight is 243 g/mol. The highest BCUT2D eigenvalue weighted by molar-refractivity contribution is 6.03. The first kappa shape index (κ1) is 11.9. The van der Waals surface area contributed by atoms with Gasteiger partial charge in [0.15, 0.2) is 5.78 Å². The van der Waals surface area contributed by atoms with Crippen LogP contribution in [0.3, 0.4) is 0 Å². The number of piperidine rings is 1. The van der Waals surface area contributed by atoms with Gasteiger partial charge in [-0.05, 0) is 69.2 Å². The summed E-state index contributed by atoms with van der Waals surface area (Å²) in [4.78, 5) is 12.7. The molecule has 0 spiro atoms. The smallest absolute Gasteiger partial charge is 0.182 e. The molecule has 1 saturated heterocycles. The summed E-state index contributed by atoms with van der Waals surface area (Å²) in [6, 6.07) is 6.31. The Morgan fingerprint density at radius 1 is 1.17 bits per heavy atom. The van der Waals surface area contributed by atoms with E-state index in [-0.39, 0.29) is 11.3 Å². The van der Waals surface area contributed by atoms with Crippen LogP contribution in [0.4, 0.5) is 0 Å². The lowest BCUT2D eigenvalue weighted by atomic mass is 9.83. The highest BCUT2D eigenvalue weighted by Gasteiger charge is 2.35. The van der Waals surface area contributed by atoms with E-state index >= 15 is 0 Å². The third-order valence-corrected chi connectivity index (χ3v) is 4.48. The highest BCUT2D eigenvalue weighted by atomic mass is 16.1. The van der Waals surface area contributed by atoms with Crippen molar-refractivity contribution in [1.29, 1.82) is 0 Å². The number of hydrogen-bond acceptors (Lipinski definition) is 2. The minimum absolute atomic E-state index is 0.275. The number of Topliss-reactive ketones (excluding diaryl/α,β-unsaturated/α-hetero) is 1. The molecule has 0 saturated carbocycles. The van der Waals surface area contributed by atoms with E-state index in [9.17, 15) is 4.79 Å². The fourth-order valence-electron chi connectivity index (χ4n) is 3.28. The van der Waals surface area contributed by atoms with Crippen LogP contribution in [0, 0.1) is 0 Å². The molecule has 2 nitrogen and oxygen atoms in total. The molecule has 1 aliphatic heterocycles. The van der Waals surface area contributed by atoms with Crippen molar-refractivity contribution in [2.45, 2.75) is 51.0 Å². The number of nitrogens with one attached hydrogen (secondary N) is 1. The quantitative estimate of drug-likeness (QED) is 0.809. The second-order valence-electron chi connectivity index (χ2n) is 5.88. The zero-order chi connectivity index (χ0) is 12.6. The van der Waals surface area contributed by atoms with E-state index in [1.165, 1.54) is 30.4 Å². The van der Waals surface area contributed by atoms with Gasteiger partial charge in [-0.25, -0.2) is 0 Å². The van der Waals surface area contributed by atoms with E-state index in [4.69, 9.17) is 0 Å². The molecular weight excluding hydrogens is 222 g/mol. The number of ketones is 1. The third kappa shape index (κ3) is 1.99. The Balaban J connectivity index is 1.88. The predicted molar refractivity (Wildman–Crippen MR) is 73.1 cm³/mol. The summed E-state index contributed by atoms with van der Waals surface area (Å²) in [5.74, 6) is 0.275. The van der Waals surface area contributed by atoms with Crippen molar-refractivity contribution in [2.75, 3.05) is 6.54 Å². The lowest BCUT2D eigenvalue weighted by molar-refractivity contribution is 0.0834. The summed E-state index contributed by atoms with van der Waals surface area (Å²) in [6.45, 7) is 3.02. The Morgan fingerprint density at radius 3 is 2.78 bits per heavy atom. The van der Waals surface area contributed by atoms with Gasteiger partial charge in [0, 0.05) is 5.56 Å². The fourth-order valence-corrected chi connectivity index (χ4v) is 3.28. The first-order chi connectivity index (χ1) is 8.69. The van der Waals surface area contributed by atoms with Gasteiger partial charge in [0.1, 0.15) is 0 Å². The van der Waals surface area contributed by atoms with E-state index in [0.29, 0.717) is 0 Å². The summed E-state index contributed by atoms with van der Waals surface area (Å²) < 4.78 is 0. The molecule has 0 aromatic heterocycles. The van der Waals surface area contributed by atoms with Gasteiger partial charge in [0.2, 0.25) is 0 Å². The molecule has 1 aromatic carbocycles. The van der Waals surface area contributed by atoms with Crippen molar-refractivity contribution < 1.29 is 4.79 Å². The molecule has 1 aromatic rings. The van der Waals surface area contributed by atoms with Crippen LogP contribution in [0.5, 0.6) is 0 Å². The predicted octanol–water partition coefficient (Wildman–Crippen LogP) is 2.89. The number of carbonyl (C=O) groups excluding carboxylic acids is 1. The number of fused-ring (bicyclic) bond motifs is 1. The third-order valence-electron chi connectivity index (χ3n) is 4.48. The van der Waals surface area contributed by atoms with E-state index in [1.54, 1.807) is 0 Å². The van der Waals surface area contributed by atoms with Crippen molar-refractivity contribution in [3.8, 4) is 0 Å². The molecule has 2 aliphatic rings. The van der Waals surface area contributed by atoms with Gasteiger partial charge in [-0.1, -0.05) is 12.1 Å². The Hall–Kier alpha value is -1.15. The summed E-state index contributed by atoms with van der Waals surface area (Å²) in [5.41, 5.74) is 3.38. The number of carbonyl (C=O) groups is 1. The van der Waals surface area contributed by atoms with Crippen LogP contribution >= 0.6 is 0 Å². The Labute approximate surface area is 109 Å². The molecular formula is C16H21NO. The van der Waals surface area contributed by atoms with Gasteiger partial charge < -0.3 is 5.32 Å². The van der Waals surface area contributed by atoms with Crippen molar-refractivity contribution in [3.05, 3.63) is 34.9 Å². The van der Waals surface area contributed by atoms with Crippen LogP contribution in [0.1, 0.15) is 54.1 Å². The zero-order valence-electron chi connectivity index (χ0n) is 11.1. The van der Waals surface area contributed by atoms with E-state index in [1.807, 2.05) is 6.07 Å². The van der Waals surface area contributed by atoms with Crippen molar-refractivity contribution in [3.63, 3.8) is 0 Å². The molecule has 1 atom stereocenters. The van der Waals surface area contributed by atoms with E-state index < -0.39 is 0 Å².